The molecule has 2 heterocycles. The molecule has 0 nitrogen and oxygen atoms in total. The van der Waals surface area contributed by atoms with Gasteiger partial charge in [0, 0.05) is 0 Å². The molecule has 6 aromatic rings. The third-order valence-corrected chi connectivity index (χ3v) is 12.0. The molecule has 0 spiro atoms. The first-order valence-corrected chi connectivity index (χ1v) is 15.2. The van der Waals surface area contributed by atoms with Crippen LogP contribution < -0.4 is 0 Å². The Morgan fingerprint density at radius 1 is 0.500 bits per heavy atom. The number of halogens is 4. The van der Waals surface area contributed by atoms with Crippen molar-refractivity contribution in [1.29, 1.82) is 0 Å². The fourth-order valence-corrected chi connectivity index (χ4v) is 9.68. The molecule has 4 aromatic carbocycles. The van der Waals surface area contributed by atoms with Crippen molar-refractivity contribution in [2.24, 2.45) is 0 Å². The van der Waals surface area contributed by atoms with Crippen LogP contribution in [0.4, 0.5) is 17.6 Å². The average molecular weight is 618 g/mol. The van der Waals surface area contributed by atoms with Gasteiger partial charge in [-0.25, -0.2) is 0 Å². The van der Waals surface area contributed by atoms with Gasteiger partial charge in [-0.1, -0.05) is 0 Å². The van der Waals surface area contributed by atoms with E-state index in [1.165, 1.54) is 0 Å². The van der Waals surface area contributed by atoms with Crippen LogP contribution in [0.5, 0.6) is 0 Å². The molecule has 6 heteroatoms. The fraction of sp³-hybridized carbons (Fsp3) is 0.267. The zero-order chi connectivity index (χ0) is 25.9. The van der Waals surface area contributed by atoms with Crippen molar-refractivity contribution in [3.05, 3.63) is 70.8 Å². The summed E-state index contributed by atoms with van der Waals surface area (Å²) in [6.45, 7) is 12.3. The van der Waals surface area contributed by atoms with Crippen molar-refractivity contribution in [2.45, 2.75) is 52.4 Å². The van der Waals surface area contributed by atoms with Crippen LogP contribution in [0.15, 0.2) is 36.4 Å². The van der Waals surface area contributed by atoms with Crippen LogP contribution in [-0.2, 0) is 10.8 Å². The number of benzene rings is 4. The molecule has 0 aliphatic heterocycles. The second-order valence-electron chi connectivity index (χ2n) is 11.5. The van der Waals surface area contributed by atoms with E-state index in [4.69, 9.17) is 0 Å². The summed E-state index contributed by atoms with van der Waals surface area (Å²) in [4.78, 5) is 0. The predicted molar refractivity (Wildman–Crippen MR) is 145 cm³/mol. The quantitative estimate of drug-likeness (QED) is 0.118. The van der Waals surface area contributed by atoms with E-state index in [0.29, 0.717) is 10.8 Å². The molecule has 0 amide bonds. The Bertz CT molecular complexity index is 1760. The van der Waals surface area contributed by atoms with E-state index < -0.39 is 63.0 Å². The maximum absolute atomic E-state index is 16.3. The summed E-state index contributed by atoms with van der Waals surface area (Å²) in [5, 5.41) is 0.250. The summed E-state index contributed by atoms with van der Waals surface area (Å²) in [6.07, 6.45) is 0. The molecule has 184 valence electrons. The Balaban J connectivity index is 1.82. The van der Waals surface area contributed by atoms with Crippen LogP contribution in [0, 0.1) is 23.3 Å². The van der Waals surface area contributed by atoms with Crippen LogP contribution in [0.1, 0.15) is 52.7 Å². The molecule has 0 aliphatic rings. The van der Waals surface area contributed by atoms with E-state index >= 15 is 17.6 Å². The summed E-state index contributed by atoms with van der Waals surface area (Å²) in [7, 11) is 0. The normalized spacial score (nSPS) is 13.3. The van der Waals surface area contributed by atoms with Gasteiger partial charge in [0.15, 0.2) is 0 Å². The van der Waals surface area contributed by atoms with E-state index in [-0.39, 0.29) is 30.1 Å². The van der Waals surface area contributed by atoms with Crippen LogP contribution in [0.3, 0.4) is 0 Å². The number of fused-ring (bicyclic) bond motifs is 7. The minimum absolute atomic E-state index is 0.0894. The van der Waals surface area contributed by atoms with Crippen molar-refractivity contribution in [2.75, 3.05) is 0 Å². The van der Waals surface area contributed by atoms with Gasteiger partial charge in [0.1, 0.15) is 0 Å². The number of rotatable bonds is 0. The molecule has 36 heavy (non-hydrogen) atoms. The van der Waals surface area contributed by atoms with Crippen LogP contribution >= 0.6 is 0 Å². The standard InChI is InChI=1S/C30H24F4Se2/c1-29(2,3)13-7-9-17-15(11-13)19-23(31)21-22(25(33)27(19)35-17)26(34)28-20(24(21)32)16-12-14(30(4,5)6)8-10-18(16)36-28/h7-12H,1-6H3. The van der Waals surface area contributed by atoms with Crippen molar-refractivity contribution < 1.29 is 17.6 Å². The van der Waals surface area contributed by atoms with Gasteiger partial charge in [0.05, 0.1) is 0 Å². The third-order valence-electron chi connectivity index (χ3n) is 7.07. The Morgan fingerprint density at radius 3 is 1.22 bits per heavy atom. The Hall–Kier alpha value is -2.10. The molecular weight excluding hydrogens is 594 g/mol. The molecule has 0 N–H and O–H groups in total. The maximum atomic E-state index is 16.3. The van der Waals surface area contributed by atoms with E-state index in [9.17, 15) is 0 Å². The first-order chi connectivity index (χ1) is 16.8. The molecule has 0 radical (unpaired) electrons. The Kier molecular flexibility index (Phi) is 5.19. The van der Waals surface area contributed by atoms with E-state index in [0.717, 1.165) is 19.6 Å². The zero-order valence-corrected chi connectivity index (χ0v) is 24.2. The summed E-state index contributed by atoms with van der Waals surface area (Å²) >= 11 is -1.06. The van der Waals surface area contributed by atoms with Gasteiger partial charge in [-0.15, -0.1) is 0 Å². The van der Waals surface area contributed by atoms with Crippen molar-refractivity contribution >= 4 is 78.4 Å². The van der Waals surface area contributed by atoms with Gasteiger partial charge in [0.25, 0.3) is 0 Å². The van der Waals surface area contributed by atoms with E-state index in [2.05, 4.69) is 41.5 Å². The molecule has 0 bridgehead atoms. The molecule has 6 rings (SSSR count). The monoisotopic (exact) mass is 620 g/mol. The molecule has 0 fully saturated rings. The number of hydrogen-bond acceptors (Lipinski definition) is 0. The van der Waals surface area contributed by atoms with Gasteiger partial charge < -0.3 is 0 Å². The van der Waals surface area contributed by atoms with Crippen molar-refractivity contribution in [1.82, 2.24) is 0 Å². The van der Waals surface area contributed by atoms with E-state index in [1.807, 2.05) is 36.4 Å². The first kappa shape index (κ1) is 24.2. The second kappa shape index (κ2) is 7.71. The predicted octanol–water partition coefficient (Wildman–Crippen LogP) is 8.72. The fourth-order valence-electron chi connectivity index (χ4n) is 4.98. The molecule has 0 atom stereocenters. The second-order valence-corrected chi connectivity index (χ2v) is 16.0. The summed E-state index contributed by atoms with van der Waals surface area (Å²) in [6, 6.07) is 11.5. The molecule has 0 unspecified atom stereocenters. The van der Waals surface area contributed by atoms with Gasteiger partial charge >= 0.3 is 219 Å². The van der Waals surface area contributed by atoms with Gasteiger partial charge in [-0.05, 0) is 0 Å². The summed E-state index contributed by atoms with van der Waals surface area (Å²) in [5.74, 6) is -3.37. The minimum atomic E-state index is -0.861. The van der Waals surface area contributed by atoms with Crippen LogP contribution in [0.2, 0.25) is 0 Å². The average Bonchev–Trinajstić information content (AvgIpc) is 3.37. The summed E-state index contributed by atoms with van der Waals surface area (Å²) < 4.78 is 66.4. The number of hydrogen-bond donors (Lipinski definition) is 0. The zero-order valence-electron chi connectivity index (χ0n) is 20.8. The third kappa shape index (κ3) is 3.31. The molecule has 2 aromatic heterocycles. The van der Waals surface area contributed by atoms with Crippen LogP contribution in [-0.4, -0.2) is 29.0 Å². The van der Waals surface area contributed by atoms with Crippen molar-refractivity contribution in [3.8, 4) is 0 Å². The Labute approximate surface area is 218 Å². The van der Waals surface area contributed by atoms with Gasteiger partial charge in [0.2, 0.25) is 0 Å². The first-order valence-electron chi connectivity index (χ1n) is 11.8. The van der Waals surface area contributed by atoms with Crippen molar-refractivity contribution in [3.63, 3.8) is 0 Å². The molecule has 0 saturated heterocycles. The van der Waals surface area contributed by atoms with E-state index in [1.54, 1.807) is 0 Å². The Morgan fingerprint density at radius 2 is 0.861 bits per heavy atom. The molecule has 0 saturated carbocycles. The molecular formula is C30H24F4Se2. The SMILES string of the molecule is CC(C)(C)c1ccc2[se]c3c(F)c4c(F)c5[se]c6ccc(C(C)(C)C)cc6c5c(F)c4c(F)c3c2c1. The van der Waals surface area contributed by atoms with Gasteiger partial charge in [-0.3, -0.25) is 0 Å². The van der Waals surface area contributed by atoms with Crippen LogP contribution in [0.25, 0.3) is 49.4 Å². The topological polar surface area (TPSA) is 0 Å². The summed E-state index contributed by atoms with van der Waals surface area (Å²) in [5.41, 5.74) is 1.59. The molecule has 0 aliphatic carbocycles. The van der Waals surface area contributed by atoms with Gasteiger partial charge in [-0.2, -0.15) is 0 Å².